The lowest BCUT2D eigenvalue weighted by atomic mass is 9.90. The van der Waals surface area contributed by atoms with Crippen molar-refractivity contribution < 1.29 is 0 Å². The molecule has 118 heavy (non-hydrogen) atoms. The zero-order valence-corrected chi connectivity index (χ0v) is 69.6. The van der Waals surface area contributed by atoms with Crippen molar-refractivity contribution in [2.75, 3.05) is 95.9 Å². The highest BCUT2D eigenvalue weighted by molar-refractivity contribution is 5.90. The molecule has 2 atom stereocenters. The largest absolute Gasteiger partial charge is 0.368 e. The quantitative estimate of drug-likeness (QED) is 0.141. The third-order valence-electron chi connectivity index (χ3n) is 24.2. The Labute approximate surface area is 683 Å². The molecule has 0 amide bonds. The first-order chi connectivity index (χ1) is 56.8. The van der Waals surface area contributed by atoms with E-state index >= 15 is 0 Å². The molecule has 1 N–H and O–H groups in total. The van der Waals surface area contributed by atoms with Gasteiger partial charge in [0, 0.05) is 197 Å². The Bertz CT molecular complexity index is 6800. The minimum absolute atomic E-state index is 0.0354. The van der Waals surface area contributed by atoms with Crippen LogP contribution in [0.4, 0.5) is 11.4 Å². The van der Waals surface area contributed by atoms with Gasteiger partial charge in [-0.1, -0.05) is 19.1 Å². The van der Waals surface area contributed by atoms with Gasteiger partial charge in [0.05, 0.1) is 56.2 Å². The lowest BCUT2D eigenvalue weighted by Gasteiger charge is -2.39. The summed E-state index contributed by atoms with van der Waals surface area (Å²) in [6.45, 7) is 26.1. The van der Waals surface area contributed by atoms with Crippen LogP contribution >= 0.6 is 0 Å². The summed E-state index contributed by atoms with van der Waals surface area (Å²) in [5, 5.41) is 25.7. The first-order valence-corrected chi connectivity index (χ1v) is 41.1. The Balaban J connectivity index is 0.000000113. The zero-order chi connectivity index (χ0) is 82.1. The van der Waals surface area contributed by atoms with E-state index < -0.39 is 0 Å². The molecule has 12 aromatic heterocycles. The molecule has 16 heterocycles. The van der Waals surface area contributed by atoms with Crippen molar-refractivity contribution in [3.63, 3.8) is 0 Å². The molecule has 4 saturated heterocycles. The summed E-state index contributed by atoms with van der Waals surface area (Å²) in [6, 6.07) is 40.1. The van der Waals surface area contributed by atoms with Gasteiger partial charge in [-0.2, -0.15) is 20.4 Å². The number of aromatic nitrogens is 16. The number of likely N-dealkylation sites (tertiary alicyclic amines) is 2. The summed E-state index contributed by atoms with van der Waals surface area (Å²) < 4.78 is 13.9. The highest BCUT2D eigenvalue weighted by Gasteiger charge is 2.26. The van der Waals surface area contributed by atoms with Gasteiger partial charge in [-0.15, -0.1) is 0 Å². The van der Waals surface area contributed by atoms with Crippen LogP contribution in [0.15, 0.2) is 190 Å². The molecule has 0 aliphatic carbocycles. The fraction of sp³-hybridized carbons (Fsp3) is 0.348. The van der Waals surface area contributed by atoms with Gasteiger partial charge in [-0.3, -0.25) is 55.5 Å². The number of rotatable bonds is 9. The predicted molar refractivity (Wildman–Crippen MR) is 471 cm³/mol. The molecular weight excluding hydrogens is 1480 g/mol. The molecule has 4 fully saturated rings. The standard InChI is InChI=1S/C24H27N5O.C23H26N6O.C23H25N5O.C22H24N6O/c1-4-28-9-7-17(8-10-28)18-5-6-22-25-21(13-23(30)29(22)15-18)19-11-16(2)24-20(12-19)14-27(3)26-24;1-15-9-17(10-18-13-27(4)25-23(15)18)20-11-22(30)29-14-19(5-6-21(29)24-20)28-8-7-26(3)16(2)12-28;1-15-10-18(11-19-13-27(3)25-23(15)19)20-12-22(29)28-14-17(4-5-21(28)24-20)16-6-8-26(2)9-7-16;1-14-8-16(9-17-12-26(3)25-22(14)17)19-10-21(29)28-13-18(4-5-20(28)24-19)27-7-6-23-15(2)11-27/h5-6,11-15,17H,4,7-10H2,1-3H3;5-6,9-11,13-14,16H,7-8,12H2,1-4H3;4-5,10-14,16H,6-9H2,1-3H3;4-5,8-10,12-13,15,23H,6-7,11H2,1-3H3/t;16-;;15-/m.0.0/s1. The second-order valence-corrected chi connectivity index (χ2v) is 33.0. The van der Waals surface area contributed by atoms with Gasteiger partial charge in [0.1, 0.15) is 22.6 Å². The number of hydrogen-bond donors (Lipinski definition) is 1. The van der Waals surface area contributed by atoms with Crippen molar-refractivity contribution in [2.45, 2.75) is 98.1 Å². The maximum atomic E-state index is 13.0. The van der Waals surface area contributed by atoms with Crippen LogP contribution in [-0.4, -0.2) is 190 Å². The average Bonchev–Trinajstić information content (AvgIpc) is 1.37. The van der Waals surface area contributed by atoms with E-state index in [4.69, 9.17) is 19.9 Å². The lowest BCUT2D eigenvalue weighted by molar-refractivity contribution is 0.222. The topological polar surface area (TPSA) is 237 Å². The third-order valence-corrected chi connectivity index (χ3v) is 24.2. The molecule has 604 valence electrons. The SMILES string of the molecule is CCN1CCC(c2ccc3nc(-c4cc(C)c5nn(C)cc5c4)cc(=O)n3c2)CC1.Cc1cc(-c2cc(=O)n3cc(C4CCN(C)CC4)ccc3n2)cc2cn(C)nc12.Cc1cc(-c2cc(=O)n3cc(N4CCN(C)[C@@H](C)C4)ccc3n2)cc2cn(C)nc12.Cc1cc(-c2cc(=O)n3cc(N4CCN[C@@H](C)C4)ccc3n2)cc2cn(C)nc12. The van der Waals surface area contributed by atoms with Crippen LogP contribution in [0.1, 0.15) is 91.7 Å². The van der Waals surface area contributed by atoms with E-state index in [2.05, 4.69) is 134 Å². The molecule has 16 aromatic rings. The minimum atomic E-state index is -0.0704. The van der Waals surface area contributed by atoms with Crippen LogP contribution in [0.3, 0.4) is 0 Å². The van der Waals surface area contributed by atoms with Gasteiger partial charge in [-0.05, 0) is 244 Å². The number of piperidine rings is 2. The van der Waals surface area contributed by atoms with E-state index in [-0.39, 0.29) is 22.2 Å². The molecule has 26 heteroatoms. The Kier molecular flexibility index (Phi) is 21.4. The van der Waals surface area contributed by atoms with Crippen molar-refractivity contribution in [1.82, 2.24) is 96.7 Å². The van der Waals surface area contributed by atoms with E-state index in [9.17, 15) is 19.2 Å². The molecule has 26 nitrogen and oxygen atoms in total. The first-order valence-electron chi connectivity index (χ1n) is 41.1. The monoisotopic (exact) mass is 1580 g/mol. The fourth-order valence-electron chi connectivity index (χ4n) is 17.6. The summed E-state index contributed by atoms with van der Waals surface area (Å²) in [5.41, 5.74) is 21.8. The number of benzene rings is 4. The fourth-order valence-corrected chi connectivity index (χ4v) is 17.6. The van der Waals surface area contributed by atoms with E-state index in [1.54, 1.807) is 41.9 Å². The van der Waals surface area contributed by atoms with Crippen LogP contribution in [0, 0.1) is 27.7 Å². The number of nitrogens with one attached hydrogen (secondary N) is 1. The van der Waals surface area contributed by atoms with Crippen LogP contribution < -0.4 is 37.4 Å². The van der Waals surface area contributed by atoms with Crippen molar-refractivity contribution in [3.8, 4) is 45.0 Å². The molecule has 0 unspecified atom stereocenters. The van der Waals surface area contributed by atoms with Crippen molar-refractivity contribution in [2.24, 2.45) is 28.2 Å². The molecule has 0 bridgehead atoms. The smallest absolute Gasteiger partial charge is 0.258 e. The number of fused-ring (bicyclic) bond motifs is 8. The molecule has 0 saturated carbocycles. The second kappa shape index (κ2) is 32.3. The van der Waals surface area contributed by atoms with Crippen molar-refractivity contribution in [3.05, 3.63) is 246 Å². The maximum absolute atomic E-state index is 13.0. The summed E-state index contributed by atoms with van der Waals surface area (Å²) in [4.78, 5) is 82.7. The summed E-state index contributed by atoms with van der Waals surface area (Å²) in [7, 11) is 12.0. The highest BCUT2D eigenvalue weighted by Crippen LogP contribution is 2.34. The molecule has 4 aliphatic rings. The Morgan fingerprint density at radius 1 is 0.373 bits per heavy atom. The van der Waals surface area contributed by atoms with Gasteiger partial charge in [-0.25, -0.2) is 19.9 Å². The van der Waals surface area contributed by atoms with E-state index in [1.807, 2.05) is 173 Å². The predicted octanol–water partition coefficient (Wildman–Crippen LogP) is 12.2. The van der Waals surface area contributed by atoms with Gasteiger partial charge < -0.3 is 29.8 Å². The maximum Gasteiger partial charge on any atom is 0.258 e. The third kappa shape index (κ3) is 16.1. The number of hydrogen-bond acceptors (Lipinski definition) is 18. The number of nitrogens with zero attached hydrogens (tertiary/aromatic N) is 21. The number of anilines is 2. The molecule has 0 radical (unpaired) electrons. The average molecular weight is 1580 g/mol. The van der Waals surface area contributed by atoms with Crippen LogP contribution in [0.2, 0.25) is 0 Å². The Morgan fingerprint density at radius 2 is 0.712 bits per heavy atom. The van der Waals surface area contributed by atoms with Crippen LogP contribution in [0.5, 0.6) is 0 Å². The number of piperazine rings is 2. The molecular formula is C92H102N22O4. The number of likely N-dealkylation sites (N-methyl/N-ethyl adjacent to an activating group) is 1. The van der Waals surface area contributed by atoms with Crippen molar-refractivity contribution >= 4 is 77.6 Å². The zero-order valence-electron chi connectivity index (χ0n) is 69.6. The van der Waals surface area contributed by atoms with E-state index in [0.717, 1.165) is 197 Å². The van der Waals surface area contributed by atoms with Crippen molar-refractivity contribution in [1.29, 1.82) is 0 Å². The molecule has 0 spiro atoms. The van der Waals surface area contributed by atoms with Crippen LogP contribution in [-0.2, 0) is 28.2 Å². The van der Waals surface area contributed by atoms with Gasteiger partial charge in [0.25, 0.3) is 22.2 Å². The first kappa shape index (κ1) is 78.2. The second-order valence-electron chi connectivity index (χ2n) is 33.0. The Morgan fingerprint density at radius 3 is 1.06 bits per heavy atom. The molecule has 4 aromatic carbocycles. The summed E-state index contributed by atoms with van der Waals surface area (Å²) in [6.07, 6.45) is 20.3. The summed E-state index contributed by atoms with van der Waals surface area (Å²) >= 11 is 0. The van der Waals surface area contributed by atoms with Gasteiger partial charge >= 0.3 is 0 Å². The molecule has 20 rings (SSSR count). The van der Waals surface area contributed by atoms with Crippen LogP contribution in [0.25, 0.3) is 111 Å². The van der Waals surface area contributed by atoms with Gasteiger partial charge in [0.15, 0.2) is 0 Å². The van der Waals surface area contributed by atoms with E-state index in [1.165, 1.54) is 11.1 Å². The number of pyridine rings is 4. The highest BCUT2D eigenvalue weighted by atomic mass is 16.1. The number of aryl methyl sites for hydroxylation is 8. The van der Waals surface area contributed by atoms with Gasteiger partial charge in [0.2, 0.25) is 0 Å². The normalized spacial score (nSPS) is 16.8. The summed E-state index contributed by atoms with van der Waals surface area (Å²) in [5.74, 6) is 1.03. The minimum Gasteiger partial charge on any atom is -0.368 e. The Hall–Kier alpha value is -12.4. The lowest BCUT2D eigenvalue weighted by Crippen LogP contribution is -2.50. The molecule has 4 aliphatic heterocycles. The van der Waals surface area contributed by atoms with E-state index in [0.29, 0.717) is 69.3 Å².